The summed E-state index contributed by atoms with van der Waals surface area (Å²) >= 11 is 0. The van der Waals surface area contributed by atoms with Gasteiger partial charge in [0, 0.05) is 31.5 Å². The van der Waals surface area contributed by atoms with Gasteiger partial charge in [0.1, 0.15) is 11.5 Å². The Hall–Kier alpha value is -3.92. The van der Waals surface area contributed by atoms with Crippen molar-refractivity contribution in [2.75, 3.05) is 30.8 Å². The molecule has 0 unspecified atom stereocenters. The number of benzene rings is 1. The third-order valence-electron chi connectivity index (χ3n) is 6.19. The highest BCUT2D eigenvalue weighted by Gasteiger charge is 2.44. The van der Waals surface area contributed by atoms with E-state index in [9.17, 15) is 0 Å². The standard InChI is InChI=1S/C23H24N8O2/c1-31(9-10-32)19-14-25-18(13-26-19)20-29-21(30-33-20)23(7-2-8-23)17-5-3-15(4-6-17)16-11-27-22(24)28-12-16/h3-6,11-14,32H,2,7-10H2,1H3,(H2,24,27,28). The molecule has 10 nitrogen and oxygen atoms in total. The van der Waals surface area contributed by atoms with E-state index < -0.39 is 0 Å². The molecule has 0 spiro atoms. The van der Waals surface area contributed by atoms with E-state index in [1.807, 2.05) is 11.9 Å². The maximum absolute atomic E-state index is 9.08. The lowest BCUT2D eigenvalue weighted by Crippen LogP contribution is -2.36. The van der Waals surface area contributed by atoms with Crippen molar-refractivity contribution in [2.45, 2.75) is 24.7 Å². The fourth-order valence-corrected chi connectivity index (χ4v) is 4.06. The molecule has 0 saturated heterocycles. The molecule has 1 aliphatic rings. The highest BCUT2D eigenvalue weighted by Crippen LogP contribution is 2.48. The lowest BCUT2D eigenvalue weighted by Gasteiger charge is -2.39. The van der Waals surface area contributed by atoms with Crippen molar-refractivity contribution in [3.8, 4) is 22.7 Å². The van der Waals surface area contributed by atoms with E-state index in [2.05, 4.69) is 54.3 Å². The van der Waals surface area contributed by atoms with Gasteiger partial charge in [-0.1, -0.05) is 35.8 Å². The van der Waals surface area contributed by atoms with Crippen molar-refractivity contribution in [1.29, 1.82) is 0 Å². The zero-order chi connectivity index (χ0) is 22.8. The number of nitrogen functional groups attached to an aromatic ring is 1. The predicted octanol–water partition coefficient (Wildman–Crippen LogP) is 2.46. The molecule has 0 amide bonds. The van der Waals surface area contributed by atoms with Crippen molar-refractivity contribution < 1.29 is 9.63 Å². The van der Waals surface area contributed by atoms with Crippen LogP contribution in [0.25, 0.3) is 22.7 Å². The first-order valence-electron chi connectivity index (χ1n) is 10.8. The topological polar surface area (TPSA) is 140 Å². The van der Waals surface area contributed by atoms with Crippen LogP contribution in [0.3, 0.4) is 0 Å². The van der Waals surface area contributed by atoms with Crippen LogP contribution < -0.4 is 10.6 Å². The number of anilines is 2. The molecule has 1 fully saturated rings. The number of aromatic nitrogens is 6. The Morgan fingerprint density at radius 2 is 1.76 bits per heavy atom. The Kier molecular flexibility index (Phi) is 5.43. The smallest absolute Gasteiger partial charge is 0.278 e. The van der Waals surface area contributed by atoms with E-state index in [-0.39, 0.29) is 18.0 Å². The summed E-state index contributed by atoms with van der Waals surface area (Å²) in [6, 6.07) is 8.32. The molecular weight excluding hydrogens is 420 g/mol. The first-order valence-corrected chi connectivity index (χ1v) is 10.8. The van der Waals surface area contributed by atoms with Gasteiger partial charge in [-0.05, 0) is 24.0 Å². The third-order valence-corrected chi connectivity index (χ3v) is 6.19. The molecule has 168 valence electrons. The monoisotopic (exact) mass is 444 g/mol. The zero-order valence-electron chi connectivity index (χ0n) is 18.2. The number of likely N-dealkylation sites (N-methyl/N-ethyl adjacent to an activating group) is 1. The Bertz CT molecular complexity index is 1220. The van der Waals surface area contributed by atoms with Crippen LogP contribution in [0.5, 0.6) is 0 Å². The molecule has 33 heavy (non-hydrogen) atoms. The average molecular weight is 444 g/mol. The molecule has 4 aromatic rings. The van der Waals surface area contributed by atoms with E-state index in [1.54, 1.807) is 24.8 Å². The number of aliphatic hydroxyl groups is 1. The first-order chi connectivity index (χ1) is 16.1. The lowest BCUT2D eigenvalue weighted by molar-refractivity contribution is 0.273. The number of nitrogens with zero attached hydrogens (tertiary/aromatic N) is 7. The van der Waals surface area contributed by atoms with Crippen molar-refractivity contribution in [1.82, 2.24) is 30.1 Å². The van der Waals surface area contributed by atoms with Crippen molar-refractivity contribution in [3.05, 3.63) is 60.4 Å². The molecule has 10 heteroatoms. The summed E-state index contributed by atoms with van der Waals surface area (Å²) in [5.41, 5.74) is 8.91. The molecule has 3 heterocycles. The maximum Gasteiger partial charge on any atom is 0.278 e. The molecule has 1 saturated carbocycles. The van der Waals surface area contributed by atoms with Gasteiger partial charge in [0.15, 0.2) is 5.82 Å². The largest absolute Gasteiger partial charge is 0.395 e. The van der Waals surface area contributed by atoms with E-state index in [0.717, 1.165) is 36.0 Å². The van der Waals surface area contributed by atoms with Gasteiger partial charge in [-0.25, -0.2) is 19.9 Å². The molecule has 0 aliphatic heterocycles. The molecule has 3 aromatic heterocycles. The Morgan fingerprint density at radius 3 is 2.36 bits per heavy atom. The van der Waals surface area contributed by atoms with E-state index >= 15 is 0 Å². The summed E-state index contributed by atoms with van der Waals surface area (Å²) in [6.45, 7) is 0.523. The quantitative estimate of drug-likeness (QED) is 0.437. The number of hydrogen-bond acceptors (Lipinski definition) is 10. The number of hydrogen-bond donors (Lipinski definition) is 2. The molecule has 5 rings (SSSR count). The second kappa shape index (κ2) is 8.55. The van der Waals surface area contributed by atoms with Gasteiger partial charge in [-0.3, -0.25) is 0 Å². The molecular formula is C23H24N8O2. The minimum atomic E-state index is -0.271. The van der Waals surface area contributed by atoms with Crippen LogP contribution in [0.1, 0.15) is 30.7 Å². The van der Waals surface area contributed by atoms with E-state index in [1.165, 1.54) is 0 Å². The fraction of sp³-hybridized carbons (Fsp3) is 0.304. The molecule has 0 atom stereocenters. The second-order valence-electron chi connectivity index (χ2n) is 8.17. The maximum atomic E-state index is 9.08. The van der Waals surface area contributed by atoms with Crippen LogP contribution >= 0.6 is 0 Å². The Balaban J connectivity index is 1.39. The summed E-state index contributed by atoms with van der Waals surface area (Å²) < 4.78 is 5.56. The normalized spacial score (nSPS) is 14.6. The summed E-state index contributed by atoms with van der Waals surface area (Å²) in [4.78, 5) is 23.4. The fourth-order valence-electron chi connectivity index (χ4n) is 4.06. The Morgan fingerprint density at radius 1 is 1.00 bits per heavy atom. The van der Waals surface area contributed by atoms with Gasteiger partial charge in [0.25, 0.3) is 5.89 Å². The van der Waals surface area contributed by atoms with Gasteiger partial charge >= 0.3 is 0 Å². The van der Waals surface area contributed by atoms with Crippen molar-refractivity contribution in [2.24, 2.45) is 0 Å². The summed E-state index contributed by atoms with van der Waals surface area (Å²) in [7, 11) is 1.84. The summed E-state index contributed by atoms with van der Waals surface area (Å²) in [5, 5.41) is 13.4. The van der Waals surface area contributed by atoms with Crippen LogP contribution in [0, 0.1) is 0 Å². The minimum absolute atomic E-state index is 0.0454. The second-order valence-corrected chi connectivity index (χ2v) is 8.17. The average Bonchev–Trinajstić information content (AvgIpc) is 3.30. The van der Waals surface area contributed by atoms with Crippen LogP contribution in [-0.4, -0.2) is 55.4 Å². The van der Waals surface area contributed by atoms with E-state index in [4.69, 9.17) is 15.4 Å². The van der Waals surface area contributed by atoms with Crippen LogP contribution in [0.2, 0.25) is 0 Å². The molecule has 1 aromatic carbocycles. The minimum Gasteiger partial charge on any atom is -0.395 e. The highest BCUT2D eigenvalue weighted by molar-refractivity contribution is 5.63. The Labute approximate surface area is 190 Å². The van der Waals surface area contributed by atoms with Crippen LogP contribution in [0.15, 0.2) is 53.6 Å². The van der Waals surface area contributed by atoms with Crippen LogP contribution in [-0.2, 0) is 5.41 Å². The van der Waals surface area contributed by atoms with Gasteiger partial charge in [0.2, 0.25) is 5.95 Å². The number of rotatable bonds is 7. The predicted molar refractivity (Wildman–Crippen MR) is 122 cm³/mol. The summed E-state index contributed by atoms with van der Waals surface area (Å²) in [5.74, 6) is 1.93. The molecule has 0 bridgehead atoms. The molecule has 3 N–H and O–H groups in total. The molecule has 0 radical (unpaired) electrons. The van der Waals surface area contributed by atoms with Gasteiger partial charge in [-0.15, -0.1) is 0 Å². The van der Waals surface area contributed by atoms with Crippen LogP contribution in [0.4, 0.5) is 11.8 Å². The van der Waals surface area contributed by atoms with Gasteiger partial charge in [0.05, 0.1) is 24.4 Å². The van der Waals surface area contributed by atoms with Gasteiger partial charge < -0.3 is 20.3 Å². The van der Waals surface area contributed by atoms with Crippen molar-refractivity contribution >= 4 is 11.8 Å². The highest BCUT2D eigenvalue weighted by atomic mass is 16.5. The van der Waals surface area contributed by atoms with E-state index in [0.29, 0.717) is 29.8 Å². The summed E-state index contributed by atoms with van der Waals surface area (Å²) in [6.07, 6.45) is 9.68. The first kappa shape index (κ1) is 21.0. The number of aliphatic hydroxyl groups excluding tert-OH is 1. The number of nitrogens with two attached hydrogens (primary N) is 1. The third kappa shape index (κ3) is 3.89. The lowest BCUT2D eigenvalue weighted by atomic mass is 9.64. The van der Waals surface area contributed by atoms with Gasteiger partial charge in [-0.2, -0.15) is 4.98 Å². The zero-order valence-corrected chi connectivity index (χ0v) is 18.2. The SMILES string of the molecule is CN(CCO)c1cnc(-c2nc(C3(c4ccc(-c5cnc(N)nc5)cc4)CCC3)no2)cn1. The van der Waals surface area contributed by atoms with Crippen molar-refractivity contribution in [3.63, 3.8) is 0 Å². The molecule has 1 aliphatic carbocycles.